The largest absolute Gasteiger partial charge is 0.461 e. The van der Waals surface area contributed by atoms with Crippen molar-refractivity contribution in [1.29, 1.82) is 0 Å². The summed E-state index contributed by atoms with van der Waals surface area (Å²) in [7, 11) is 3.61. The van der Waals surface area contributed by atoms with Crippen LogP contribution in [-0.2, 0) is 40.1 Å². The van der Waals surface area contributed by atoms with Crippen LogP contribution in [-0.4, -0.2) is 87.6 Å². The number of anilines is 1. The Morgan fingerprint density at radius 2 is 1.71 bits per heavy atom. The minimum absolute atomic E-state index is 0.0692. The zero-order valence-corrected chi connectivity index (χ0v) is 34.1. The number of aromatic nitrogens is 1. The van der Waals surface area contributed by atoms with Crippen LogP contribution in [0.25, 0.3) is 10.8 Å². The fourth-order valence-electron chi connectivity index (χ4n) is 10.8. The maximum atomic E-state index is 17.5. The fourth-order valence-corrected chi connectivity index (χ4v) is 10.8. The molecule has 312 valence electrons. The molecular weight excluding hydrogens is 758 g/mol. The van der Waals surface area contributed by atoms with E-state index in [9.17, 15) is 34.2 Å². The Labute approximate surface area is 342 Å². The summed E-state index contributed by atoms with van der Waals surface area (Å²) in [6.07, 6.45) is 6.57. The second-order valence-electron chi connectivity index (χ2n) is 17.4. The highest BCUT2D eigenvalue weighted by Crippen LogP contribution is 2.70. The van der Waals surface area contributed by atoms with Crippen LogP contribution in [0.2, 0.25) is 0 Å². The molecule has 0 spiro atoms. The van der Waals surface area contributed by atoms with E-state index in [1.165, 1.54) is 12.2 Å². The molecule has 0 radical (unpaired) electrons. The first-order valence-corrected chi connectivity index (χ1v) is 20.2. The number of ketones is 2. The van der Waals surface area contributed by atoms with Crippen LogP contribution in [0.1, 0.15) is 76.5 Å². The van der Waals surface area contributed by atoms with Crippen molar-refractivity contribution >= 4 is 45.9 Å². The first kappa shape index (κ1) is 42.0. The third-order valence-corrected chi connectivity index (χ3v) is 13.9. The average Bonchev–Trinajstić information content (AvgIpc) is 3.40. The Bertz CT molecular complexity index is 2240. The zero-order valence-electron chi connectivity index (χ0n) is 34.1. The van der Waals surface area contributed by atoms with E-state index in [1.807, 2.05) is 38.4 Å². The van der Waals surface area contributed by atoms with Crippen LogP contribution >= 0.6 is 0 Å². The van der Waals surface area contributed by atoms with Gasteiger partial charge in [0.05, 0.1) is 18.9 Å². The van der Waals surface area contributed by atoms with Gasteiger partial charge in [-0.1, -0.05) is 55.8 Å². The van der Waals surface area contributed by atoms with Gasteiger partial charge in [0.25, 0.3) is 0 Å². The van der Waals surface area contributed by atoms with Crippen LogP contribution in [0.5, 0.6) is 0 Å². The highest BCUT2D eigenvalue weighted by molar-refractivity contribution is 6.01. The smallest absolute Gasteiger partial charge is 0.306 e. The van der Waals surface area contributed by atoms with Crippen molar-refractivity contribution in [1.82, 2.24) is 9.88 Å². The number of allylic oxidation sites excluding steroid dienone is 4. The molecule has 12 nitrogen and oxygen atoms in total. The van der Waals surface area contributed by atoms with E-state index in [2.05, 4.69) is 10.3 Å². The molecule has 0 aliphatic heterocycles. The van der Waals surface area contributed by atoms with Crippen molar-refractivity contribution in [3.8, 4) is 0 Å². The number of Topliss-reactive ketones (excluding diaryl/α,β-unsaturated/α-hetero) is 1. The van der Waals surface area contributed by atoms with Crippen LogP contribution in [0, 0.1) is 28.6 Å². The molecule has 3 fully saturated rings. The summed E-state index contributed by atoms with van der Waals surface area (Å²) in [6, 6.07) is 14.0. The van der Waals surface area contributed by atoms with E-state index >= 15 is 4.39 Å². The molecule has 3 aromatic rings. The molecule has 13 heteroatoms. The number of likely N-dealkylation sites (N-methyl/N-ethyl adjacent to an activating group) is 1. The Morgan fingerprint density at radius 3 is 2.42 bits per heavy atom. The van der Waals surface area contributed by atoms with E-state index in [1.54, 1.807) is 68.4 Å². The minimum atomic E-state index is -2.11. The number of pyridine rings is 1. The maximum Gasteiger partial charge on any atom is 0.306 e. The lowest BCUT2D eigenvalue weighted by molar-refractivity contribution is -0.220. The summed E-state index contributed by atoms with van der Waals surface area (Å²) in [5.74, 6) is -4.41. The van der Waals surface area contributed by atoms with E-state index < -0.39 is 76.3 Å². The molecule has 0 bridgehead atoms. The fraction of sp³-hybridized carbons (Fsp3) is 0.478. The standard InChI is InChI=1S/C46H52FN3O9/c1-27-20-36-35-13-11-32-22-34(51)16-18-43(32,2)45(35,47)37(52)23-44(36,3)46(27,57)38(53)26-59-40(55)15-14-39(54)58-25-28-6-8-29(9-7-28)41(50(4)5)42(56)49-33-12-10-31-24-48-19-17-30(31)21-33/h6-10,12,16-19,21-22,24,27,35-37,41,52,57H,11,13-15,20,23,25-26H2,1-5H3,(H,49,56)/t27-,35+,36?,37+,41?,43+,44+,45+,46+/m1/s1. The summed E-state index contributed by atoms with van der Waals surface area (Å²) in [5, 5.41) is 28.6. The Kier molecular flexibility index (Phi) is 11.3. The molecule has 3 N–H and O–H groups in total. The van der Waals surface area contributed by atoms with Crippen LogP contribution in [0.3, 0.4) is 0 Å². The predicted octanol–water partition coefficient (Wildman–Crippen LogP) is 5.76. The first-order chi connectivity index (χ1) is 27.9. The van der Waals surface area contributed by atoms with Crippen LogP contribution < -0.4 is 5.32 Å². The number of hydrogen-bond donors (Lipinski definition) is 3. The van der Waals surface area contributed by atoms with E-state index in [0.29, 0.717) is 36.1 Å². The number of amides is 1. The molecule has 1 aromatic heterocycles. The van der Waals surface area contributed by atoms with Gasteiger partial charge >= 0.3 is 11.9 Å². The topological polar surface area (TPSA) is 172 Å². The number of aliphatic hydroxyl groups excluding tert-OH is 1. The molecule has 1 heterocycles. The number of carbonyl (C=O) groups excluding carboxylic acids is 5. The number of nitrogens with zero attached hydrogens (tertiary/aromatic N) is 2. The van der Waals surface area contributed by atoms with Gasteiger partial charge in [-0.25, -0.2) is 4.39 Å². The second-order valence-corrected chi connectivity index (χ2v) is 17.4. The number of rotatable bonds is 12. The summed E-state index contributed by atoms with van der Waals surface area (Å²) < 4.78 is 28.1. The molecule has 2 aromatic carbocycles. The second kappa shape index (κ2) is 15.8. The highest BCUT2D eigenvalue weighted by Gasteiger charge is 2.75. The number of aliphatic hydroxyl groups is 2. The van der Waals surface area contributed by atoms with Gasteiger partial charge in [0.2, 0.25) is 11.7 Å². The molecule has 4 aliphatic carbocycles. The number of esters is 2. The number of benzene rings is 2. The lowest BCUT2D eigenvalue weighted by Gasteiger charge is -2.62. The van der Waals surface area contributed by atoms with E-state index in [4.69, 9.17) is 9.47 Å². The average molecular weight is 810 g/mol. The Hall–Kier alpha value is -5.11. The number of nitrogens with one attached hydrogen (secondary N) is 1. The number of alkyl halides is 1. The highest BCUT2D eigenvalue weighted by atomic mass is 19.1. The predicted molar refractivity (Wildman–Crippen MR) is 216 cm³/mol. The monoisotopic (exact) mass is 809 g/mol. The van der Waals surface area contributed by atoms with Crippen LogP contribution in [0.15, 0.2) is 84.7 Å². The van der Waals surface area contributed by atoms with Gasteiger partial charge in [0.15, 0.2) is 18.1 Å². The molecule has 1 amide bonds. The van der Waals surface area contributed by atoms with Gasteiger partial charge < -0.3 is 25.0 Å². The number of ether oxygens (including phenoxy) is 2. The van der Waals surface area contributed by atoms with Crippen molar-refractivity contribution in [3.63, 3.8) is 0 Å². The SMILES string of the molecule is C[C@@H]1CC2[C@@H]3CCC4=CC(=O)C=C[C@]4(C)[C@@]3(F)[C@@H](O)C[C@]2(C)[C@@]1(O)C(=O)COC(=O)CCC(=O)OCc1ccc(C(C(=O)Nc2ccc3cnccc3c2)N(C)C)cc1. The molecule has 9 atom stereocenters. The molecular formula is C46H52FN3O9. The van der Waals surface area contributed by atoms with Crippen molar-refractivity contribution in [3.05, 3.63) is 95.9 Å². The van der Waals surface area contributed by atoms with Gasteiger partial charge in [-0.15, -0.1) is 0 Å². The van der Waals surface area contributed by atoms with Crippen molar-refractivity contribution in [2.45, 2.75) is 89.3 Å². The molecule has 59 heavy (non-hydrogen) atoms. The molecule has 7 rings (SSSR count). The third-order valence-electron chi connectivity index (χ3n) is 13.9. The zero-order chi connectivity index (χ0) is 42.5. The van der Waals surface area contributed by atoms with Crippen molar-refractivity contribution in [2.75, 3.05) is 26.0 Å². The third kappa shape index (κ3) is 7.20. The molecule has 4 aliphatic rings. The Balaban J connectivity index is 0.898. The normalized spacial score (nSPS) is 31.4. The number of carbonyl (C=O) groups is 5. The van der Waals surface area contributed by atoms with Crippen LogP contribution in [0.4, 0.5) is 10.1 Å². The molecule has 0 saturated heterocycles. The van der Waals surface area contributed by atoms with E-state index in [0.717, 1.165) is 16.3 Å². The van der Waals surface area contributed by atoms with Gasteiger partial charge in [-0.2, -0.15) is 0 Å². The Morgan fingerprint density at radius 1 is 1.00 bits per heavy atom. The summed E-state index contributed by atoms with van der Waals surface area (Å²) in [4.78, 5) is 70.5. The van der Waals surface area contributed by atoms with Gasteiger partial charge in [0.1, 0.15) is 18.2 Å². The summed E-state index contributed by atoms with van der Waals surface area (Å²) in [5.41, 5.74) is -3.82. The number of halogens is 1. The van der Waals surface area contributed by atoms with Crippen molar-refractivity contribution in [2.24, 2.45) is 28.6 Å². The first-order valence-electron chi connectivity index (χ1n) is 20.2. The number of hydrogen-bond acceptors (Lipinski definition) is 11. The lowest BCUT2D eigenvalue weighted by Crippen LogP contribution is -2.69. The van der Waals surface area contributed by atoms with E-state index in [-0.39, 0.29) is 37.6 Å². The summed E-state index contributed by atoms with van der Waals surface area (Å²) in [6.45, 7) is 4.33. The summed E-state index contributed by atoms with van der Waals surface area (Å²) >= 11 is 0. The lowest BCUT2D eigenvalue weighted by atomic mass is 9.44. The van der Waals surface area contributed by atoms with Gasteiger partial charge in [-0.3, -0.25) is 33.9 Å². The minimum Gasteiger partial charge on any atom is -0.461 e. The molecule has 2 unspecified atom stereocenters. The van der Waals surface area contributed by atoms with Gasteiger partial charge in [-0.05, 0) is 105 Å². The quantitative estimate of drug-likeness (QED) is 0.190. The number of fused-ring (bicyclic) bond motifs is 6. The van der Waals surface area contributed by atoms with Gasteiger partial charge in [0, 0.05) is 40.2 Å². The maximum absolute atomic E-state index is 17.5. The molecule has 3 saturated carbocycles. The van der Waals surface area contributed by atoms with Crippen molar-refractivity contribution < 1.29 is 48.0 Å².